The fourth-order valence-corrected chi connectivity index (χ4v) is 1.29. The minimum absolute atomic E-state index is 0.538. The number of rotatable bonds is 5. The van der Waals surface area contributed by atoms with Crippen LogP contribution in [0.3, 0.4) is 0 Å². The Labute approximate surface area is 99.4 Å². The number of methoxy groups -OCH3 is 1. The lowest BCUT2D eigenvalue weighted by Crippen LogP contribution is -2.24. The lowest BCUT2D eigenvalue weighted by molar-refractivity contribution is 0.249. The summed E-state index contributed by atoms with van der Waals surface area (Å²) in [5.74, 6) is 1.18. The first kappa shape index (κ1) is 12.8. The van der Waals surface area contributed by atoms with Gasteiger partial charge in [-0.3, -0.25) is 0 Å². The molecule has 0 aliphatic heterocycles. The highest BCUT2D eigenvalue weighted by Crippen LogP contribution is 2.29. The van der Waals surface area contributed by atoms with Gasteiger partial charge in [-0.2, -0.15) is 5.10 Å². The summed E-state index contributed by atoms with van der Waals surface area (Å²) in [5.41, 5.74) is 7.68. The predicted octanol–water partition coefficient (Wildman–Crippen LogP) is 1.10. The van der Waals surface area contributed by atoms with Gasteiger partial charge in [0.1, 0.15) is 0 Å². The van der Waals surface area contributed by atoms with Gasteiger partial charge in [0.2, 0.25) is 0 Å². The van der Waals surface area contributed by atoms with Crippen molar-refractivity contribution in [2.24, 2.45) is 10.8 Å². The SMILES string of the molecule is CCOc1cccc(/C=N\NC(N)=O)c1OC. The third-order valence-corrected chi connectivity index (χ3v) is 1.89. The van der Waals surface area contributed by atoms with Gasteiger partial charge in [-0.05, 0) is 19.1 Å². The number of carbonyl (C=O) groups is 1. The first-order chi connectivity index (χ1) is 8.19. The number of hydrazone groups is 1. The van der Waals surface area contributed by atoms with Crippen molar-refractivity contribution < 1.29 is 14.3 Å². The summed E-state index contributed by atoms with van der Waals surface area (Å²) in [5, 5.41) is 3.67. The van der Waals surface area contributed by atoms with Crippen LogP contribution in [0, 0.1) is 0 Å². The molecule has 0 saturated heterocycles. The van der Waals surface area contributed by atoms with Crippen molar-refractivity contribution >= 4 is 12.2 Å². The molecule has 0 atom stereocenters. The molecule has 1 rings (SSSR count). The van der Waals surface area contributed by atoms with E-state index in [1.54, 1.807) is 18.2 Å². The Morgan fingerprint density at radius 1 is 1.59 bits per heavy atom. The molecular weight excluding hydrogens is 222 g/mol. The van der Waals surface area contributed by atoms with Gasteiger partial charge in [0.25, 0.3) is 0 Å². The molecule has 0 heterocycles. The zero-order valence-corrected chi connectivity index (χ0v) is 9.77. The number of nitrogens with two attached hydrogens (primary N) is 1. The first-order valence-electron chi connectivity index (χ1n) is 5.07. The fraction of sp³-hybridized carbons (Fsp3) is 0.273. The molecule has 2 amide bonds. The number of carbonyl (C=O) groups excluding carboxylic acids is 1. The number of primary amides is 1. The van der Waals surface area contributed by atoms with Crippen molar-refractivity contribution in [2.75, 3.05) is 13.7 Å². The highest BCUT2D eigenvalue weighted by molar-refractivity contribution is 5.86. The van der Waals surface area contributed by atoms with E-state index in [2.05, 4.69) is 10.5 Å². The smallest absolute Gasteiger partial charge is 0.332 e. The van der Waals surface area contributed by atoms with Gasteiger partial charge in [0, 0.05) is 5.56 Å². The molecule has 1 aromatic rings. The molecular formula is C11H15N3O3. The second-order valence-corrected chi connectivity index (χ2v) is 3.05. The molecule has 6 nitrogen and oxygen atoms in total. The van der Waals surface area contributed by atoms with Gasteiger partial charge in [0.05, 0.1) is 19.9 Å². The van der Waals surface area contributed by atoms with Crippen molar-refractivity contribution in [3.8, 4) is 11.5 Å². The maximum Gasteiger partial charge on any atom is 0.332 e. The van der Waals surface area contributed by atoms with Crippen molar-refractivity contribution in [3.05, 3.63) is 23.8 Å². The summed E-state index contributed by atoms with van der Waals surface area (Å²) in [6.07, 6.45) is 1.44. The molecule has 17 heavy (non-hydrogen) atoms. The number of benzene rings is 1. The molecule has 3 N–H and O–H groups in total. The van der Waals surface area contributed by atoms with Crippen LogP contribution in [0.4, 0.5) is 4.79 Å². The molecule has 0 saturated carbocycles. The number of hydrogen-bond donors (Lipinski definition) is 2. The Bertz CT molecular complexity index is 418. The fourth-order valence-electron chi connectivity index (χ4n) is 1.29. The van der Waals surface area contributed by atoms with E-state index < -0.39 is 6.03 Å². The zero-order chi connectivity index (χ0) is 12.7. The average Bonchev–Trinajstić information content (AvgIpc) is 2.29. The standard InChI is InChI=1S/C11H15N3O3/c1-3-17-9-6-4-5-8(10(9)16-2)7-13-14-11(12)15/h4-7H,3H2,1-2H3,(H3,12,14,15)/b13-7-. The van der Waals surface area contributed by atoms with Gasteiger partial charge in [-0.15, -0.1) is 0 Å². The first-order valence-corrected chi connectivity index (χ1v) is 5.07. The highest BCUT2D eigenvalue weighted by Gasteiger charge is 2.07. The van der Waals surface area contributed by atoms with Gasteiger partial charge >= 0.3 is 6.03 Å². The van der Waals surface area contributed by atoms with Crippen LogP contribution in [0.15, 0.2) is 23.3 Å². The number of urea groups is 1. The minimum atomic E-state index is -0.721. The third-order valence-electron chi connectivity index (χ3n) is 1.89. The Kier molecular flexibility index (Phi) is 4.80. The van der Waals surface area contributed by atoms with Crippen molar-refractivity contribution in [3.63, 3.8) is 0 Å². The largest absolute Gasteiger partial charge is 0.492 e. The molecule has 0 aromatic heterocycles. The number of para-hydroxylation sites is 1. The molecule has 92 valence electrons. The van der Waals surface area contributed by atoms with Crippen LogP contribution in [0.5, 0.6) is 11.5 Å². The Morgan fingerprint density at radius 2 is 2.35 bits per heavy atom. The van der Waals surface area contributed by atoms with Gasteiger partial charge < -0.3 is 15.2 Å². The van der Waals surface area contributed by atoms with E-state index in [0.29, 0.717) is 23.7 Å². The predicted molar refractivity (Wildman–Crippen MR) is 64.5 cm³/mol. The summed E-state index contributed by atoms with van der Waals surface area (Å²) in [6, 6.07) is 4.66. The van der Waals surface area contributed by atoms with E-state index >= 15 is 0 Å². The van der Waals surface area contributed by atoms with E-state index in [9.17, 15) is 4.79 Å². The van der Waals surface area contributed by atoms with Crippen LogP contribution in [-0.2, 0) is 0 Å². The molecule has 0 aliphatic rings. The summed E-state index contributed by atoms with van der Waals surface area (Å²) in [4.78, 5) is 10.5. The van der Waals surface area contributed by atoms with E-state index in [1.807, 2.05) is 6.92 Å². The number of nitrogens with zero attached hydrogens (tertiary/aromatic N) is 1. The van der Waals surface area contributed by atoms with Crippen LogP contribution < -0.4 is 20.6 Å². The second-order valence-electron chi connectivity index (χ2n) is 3.05. The maximum atomic E-state index is 10.5. The van der Waals surface area contributed by atoms with Gasteiger partial charge in [-0.25, -0.2) is 10.2 Å². The summed E-state index contributed by atoms with van der Waals surface area (Å²) in [7, 11) is 1.54. The molecule has 0 unspecified atom stereocenters. The molecule has 6 heteroatoms. The Balaban J connectivity index is 2.94. The van der Waals surface area contributed by atoms with Crippen molar-refractivity contribution in [1.29, 1.82) is 0 Å². The number of amides is 2. The lowest BCUT2D eigenvalue weighted by atomic mass is 10.2. The number of nitrogens with one attached hydrogen (secondary N) is 1. The topological polar surface area (TPSA) is 85.9 Å². The van der Waals surface area contributed by atoms with E-state index in [4.69, 9.17) is 15.2 Å². The molecule has 0 fully saturated rings. The summed E-state index contributed by atoms with van der Waals surface area (Å²) < 4.78 is 10.6. The van der Waals surface area contributed by atoms with Gasteiger partial charge in [0.15, 0.2) is 11.5 Å². The van der Waals surface area contributed by atoms with Crippen LogP contribution in [0.1, 0.15) is 12.5 Å². The molecule has 0 radical (unpaired) electrons. The zero-order valence-electron chi connectivity index (χ0n) is 9.77. The summed E-state index contributed by atoms with van der Waals surface area (Å²) >= 11 is 0. The average molecular weight is 237 g/mol. The summed E-state index contributed by atoms with van der Waals surface area (Å²) in [6.45, 7) is 2.42. The molecule has 0 bridgehead atoms. The van der Waals surface area contributed by atoms with E-state index in [-0.39, 0.29) is 0 Å². The lowest BCUT2D eigenvalue weighted by Gasteiger charge is -2.10. The van der Waals surface area contributed by atoms with Crippen molar-refractivity contribution in [2.45, 2.75) is 6.92 Å². The van der Waals surface area contributed by atoms with Crippen LogP contribution in [0.25, 0.3) is 0 Å². The van der Waals surface area contributed by atoms with Crippen LogP contribution in [-0.4, -0.2) is 26.0 Å². The Morgan fingerprint density at radius 3 is 2.94 bits per heavy atom. The number of ether oxygens (including phenoxy) is 2. The maximum absolute atomic E-state index is 10.5. The normalized spacial score (nSPS) is 10.2. The molecule has 0 aliphatic carbocycles. The van der Waals surface area contributed by atoms with Crippen LogP contribution in [0.2, 0.25) is 0 Å². The minimum Gasteiger partial charge on any atom is -0.492 e. The van der Waals surface area contributed by atoms with E-state index in [1.165, 1.54) is 13.3 Å². The monoisotopic (exact) mass is 237 g/mol. The second kappa shape index (κ2) is 6.37. The Hall–Kier alpha value is -2.24. The molecule has 0 spiro atoms. The van der Waals surface area contributed by atoms with E-state index in [0.717, 1.165) is 0 Å². The number of hydrogen-bond acceptors (Lipinski definition) is 4. The highest BCUT2D eigenvalue weighted by atomic mass is 16.5. The van der Waals surface area contributed by atoms with Crippen molar-refractivity contribution in [1.82, 2.24) is 5.43 Å². The third kappa shape index (κ3) is 3.67. The van der Waals surface area contributed by atoms with Gasteiger partial charge in [-0.1, -0.05) is 6.07 Å². The quantitative estimate of drug-likeness (QED) is 0.593. The van der Waals surface area contributed by atoms with Crippen LogP contribution >= 0.6 is 0 Å². The molecule has 1 aromatic carbocycles.